The maximum atomic E-state index is 12.6. The number of carbonyl (C=O) groups excluding carboxylic acids is 1. The van der Waals surface area contributed by atoms with Crippen LogP contribution in [0.2, 0.25) is 0 Å². The second kappa shape index (κ2) is 6.00. The molecule has 0 aliphatic carbocycles. The van der Waals surface area contributed by atoms with Crippen molar-refractivity contribution >= 4 is 12.1 Å². The van der Waals surface area contributed by atoms with Gasteiger partial charge in [0.2, 0.25) is 0 Å². The fraction of sp³-hybridized carbons (Fsp3) is 0.333. The van der Waals surface area contributed by atoms with Gasteiger partial charge in [0.15, 0.2) is 0 Å². The molecule has 0 saturated carbocycles. The number of hydrogen-bond donors (Lipinski definition) is 2. The summed E-state index contributed by atoms with van der Waals surface area (Å²) < 4.78 is 17.4. The molecule has 2 N–H and O–H groups in total. The summed E-state index contributed by atoms with van der Waals surface area (Å²) in [5.41, 5.74) is 0. The van der Waals surface area contributed by atoms with Crippen LogP contribution in [0, 0.1) is 11.7 Å². The molecule has 1 amide bonds. The van der Waals surface area contributed by atoms with Crippen molar-refractivity contribution < 1.29 is 23.8 Å². The van der Waals surface area contributed by atoms with Crippen LogP contribution in [0.5, 0.6) is 5.75 Å². The molecule has 1 rings (SSSR count). The molecule has 0 fully saturated rings. The molecule has 1 aromatic rings. The molecule has 0 spiro atoms. The van der Waals surface area contributed by atoms with Gasteiger partial charge in [-0.15, -0.1) is 0 Å². The summed E-state index contributed by atoms with van der Waals surface area (Å²) in [4.78, 5) is 22.3. The number of rotatable bonds is 4. The van der Waals surface area contributed by atoms with E-state index in [-0.39, 0.29) is 11.7 Å². The van der Waals surface area contributed by atoms with Gasteiger partial charge in [-0.3, -0.25) is 0 Å². The quantitative estimate of drug-likeness (QED) is 0.863. The number of carbonyl (C=O) groups is 2. The molecule has 18 heavy (non-hydrogen) atoms. The highest BCUT2D eigenvalue weighted by atomic mass is 19.1. The third kappa shape index (κ3) is 4.04. The van der Waals surface area contributed by atoms with Crippen LogP contribution in [-0.4, -0.2) is 23.2 Å². The molecule has 1 aromatic carbocycles. The molecule has 0 bridgehead atoms. The Morgan fingerprint density at radius 3 is 2.28 bits per heavy atom. The van der Waals surface area contributed by atoms with Crippen molar-refractivity contribution in [2.75, 3.05) is 0 Å². The van der Waals surface area contributed by atoms with Gasteiger partial charge in [0.1, 0.15) is 17.6 Å². The van der Waals surface area contributed by atoms with Crippen LogP contribution in [-0.2, 0) is 4.79 Å². The summed E-state index contributed by atoms with van der Waals surface area (Å²) in [6.45, 7) is 3.33. The maximum Gasteiger partial charge on any atom is 0.413 e. The topological polar surface area (TPSA) is 75.6 Å². The van der Waals surface area contributed by atoms with Gasteiger partial charge in [0.25, 0.3) is 0 Å². The molecule has 98 valence electrons. The van der Waals surface area contributed by atoms with Crippen molar-refractivity contribution in [1.29, 1.82) is 0 Å². The van der Waals surface area contributed by atoms with Gasteiger partial charge in [-0.05, 0) is 30.2 Å². The average Bonchev–Trinajstić information content (AvgIpc) is 2.28. The lowest BCUT2D eigenvalue weighted by Crippen LogP contribution is -2.45. The smallest absolute Gasteiger partial charge is 0.413 e. The van der Waals surface area contributed by atoms with Crippen LogP contribution in [0.1, 0.15) is 13.8 Å². The third-order valence-electron chi connectivity index (χ3n) is 2.23. The predicted octanol–water partition coefficient (Wildman–Crippen LogP) is 2.02. The fourth-order valence-electron chi connectivity index (χ4n) is 1.28. The largest absolute Gasteiger partial charge is 0.480 e. The van der Waals surface area contributed by atoms with Crippen molar-refractivity contribution in [2.45, 2.75) is 19.9 Å². The lowest BCUT2D eigenvalue weighted by molar-refractivity contribution is -0.140. The van der Waals surface area contributed by atoms with Crippen LogP contribution >= 0.6 is 0 Å². The molecule has 0 unspecified atom stereocenters. The Bertz CT molecular complexity index is 430. The molecule has 0 radical (unpaired) electrons. The number of carboxylic acids is 1. The molecule has 6 heteroatoms. The van der Waals surface area contributed by atoms with E-state index >= 15 is 0 Å². The van der Waals surface area contributed by atoms with E-state index in [0.717, 1.165) is 12.1 Å². The molecule has 0 aliphatic rings. The molecule has 0 aromatic heterocycles. The molecular weight excluding hydrogens is 241 g/mol. The highest BCUT2D eigenvalue weighted by molar-refractivity contribution is 5.81. The Kier molecular flexibility index (Phi) is 4.65. The SMILES string of the molecule is CC(C)[C@H](NC(=O)Oc1ccc(F)cc1)C(=O)O. The second-order valence-corrected chi connectivity index (χ2v) is 4.05. The Labute approximate surface area is 104 Å². The van der Waals surface area contributed by atoms with Gasteiger partial charge < -0.3 is 15.2 Å². The van der Waals surface area contributed by atoms with Crippen LogP contribution in [0.15, 0.2) is 24.3 Å². The van der Waals surface area contributed by atoms with Crippen molar-refractivity contribution in [1.82, 2.24) is 5.32 Å². The van der Waals surface area contributed by atoms with Gasteiger partial charge in [0, 0.05) is 0 Å². The zero-order valence-electron chi connectivity index (χ0n) is 10.0. The second-order valence-electron chi connectivity index (χ2n) is 4.05. The van der Waals surface area contributed by atoms with Crippen LogP contribution < -0.4 is 10.1 Å². The summed E-state index contributed by atoms with van der Waals surface area (Å²) >= 11 is 0. The van der Waals surface area contributed by atoms with E-state index in [9.17, 15) is 14.0 Å². The fourth-order valence-corrected chi connectivity index (χ4v) is 1.28. The van der Waals surface area contributed by atoms with Crippen molar-refractivity contribution in [2.24, 2.45) is 5.92 Å². The minimum absolute atomic E-state index is 0.141. The van der Waals surface area contributed by atoms with Crippen molar-refractivity contribution in [3.8, 4) is 5.75 Å². The monoisotopic (exact) mass is 255 g/mol. The van der Waals surface area contributed by atoms with E-state index in [4.69, 9.17) is 9.84 Å². The summed E-state index contributed by atoms with van der Waals surface area (Å²) in [7, 11) is 0. The first-order valence-electron chi connectivity index (χ1n) is 5.37. The lowest BCUT2D eigenvalue weighted by Gasteiger charge is -2.17. The van der Waals surface area contributed by atoms with Gasteiger partial charge >= 0.3 is 12.1 Å². The summed E-state index contributed by atoms with van der Waals surface area (Å²) in [5, 5.41) is 11.1. The minimum Gasteiger partial charge on any atom is -0.480 e. The number of halogens is 1. The number of nitrogens with one attached hydrogen (secondary N) is 1. The Morgan fingerprint density at radius 1 is 1.28 bits per heavy atom. The zero-order valence-corrected chi connectivity index (χ0v) is 10.0. The number of carboxylic acid groups (broad SMARTS) is 1. The summed E-state index contributed by atoms with van der Waals surface area (Å²) in [6, 6.07) is 3.80. The van der Waals surface area contributed by atoms with E-state index in [2.05, 4.69) is 5.32 Å². The summed E-state index contributed by atoms with van der Waals surface area (Å²) in [5.74, 6) is -1.72. The Balaban J connectivity index is 2.60. The Hall–Kier alpha value is -2.11. The number of hydrogen-bond acceptors (Lipinski definition) is 3. The van der Waals surface area contributed by atoms with E-state index in [1.54, 1.807) is 13.8 Å². The number of ether oxygens (including phenoxy) is 1. The maximum absolute atomic E-state index is 12.6. The van der Waals surface area contributed by atoms with Gasteiger partial charge in [0.05, 0.1) is 0 Å². The Morgan fingerprint density at radius 2 is 1.83 bits per heavy atom. The van der Waals surface area contributed by atoms with Crippen molar-refractivity contribution in [3.63, 3.8) is 0 Å². The molecule has 0 aliphatic heterocycles. The van der Waals surface area contributed by atoms with E-state index in [0.29, 0.717) is 0 Å². The van der Waals surface area contributed by atoms with E-state index < -0.39 is 23.9 Å². The van der Waals surface area contributed by atoms with Crippen molar-refractivity contribution in [3.05, 3.63) is 30.1 Å². The third-order valence-corrected chi connectivity index (χ3v) is 2.23. The molecular formula is C12H14FNO4. The first-order valence-corrected chi connectivity index (χ1v) is 5.37. The normalized spacial score (nSPS) is 12.0. The average molecular weight is 255 g/mol. The zero-order chi connectivity index (χ0) is 13.7. The van der Waals surface area contributed by atoms with E-state index in [1.807, 2.05) is 0 Å². The highest BCUT2D eigenvalue weighted by Crippen LogP contribution is 2.11. The molecule has 0 saturated heterocycles. The van der Waals surface area contributed by atoms with Gasteiger partial charge in [-0.1, -0.05) is 13.8 Å². The predicted molar refractivity (Wildman–Crippen MR) is 61.8 cm³/mol. The summed E-state index contributed by atoms with van der Waals surface area (Å²) in [6.07, 6.45) is -0.886. The molecule has 1 atom stereocenters. The van der Waals surface area contributed by atoms with Gasteiger partial charge in [-0.2, -0.15) is 0 Å². The number of benzene rings is 1. The van der Waals surface area contributed by atoms with Crippen LogP contribution in [0.25, 0.3) is 0 Å². The van der Waals surface area contributed by atoms with Crippen LogP contribution in [0.3, 0.4) is 0 Å². The standard InChI is InChI=1S/C12H14FNO4/c1-7(2)10(11(15)16)14-12(17)18-9-5-3-8(13)4-6-9/h3-7,10H,1-2H3,(H,14,17)(H,15,16)/t10-/m0/s1. The lowest BCUT2D eigenvalue weighted by atomic mass is 10.1. The number of aliphatic carboxylic acids is 1. The van der Waals surface area contributed by atoms with Crippen LogP contribution in [0.4, 0.5) is 9.18 Å². The molecule has 5 nitrogen and oxygen atoms in total. The van der Waals surface area contributed by atoms with E-state index in [1.165, 1.54) is 12.1 Å². The first-order chi connectivity index (χ1) is 8.40. The van der Waals surface area contributed by atoms with Gasteiger partial charge in [-0.25, -0.2) is 14.0 Å². The first kappa shape index (κ1) is 14.0. The molecule has 0 heterocycles. The minimum atomic E-state index is -1.14. The number of amides is 1. The highest BCUT2D eigenvalue weighted by Gasteiger charge is 2.24.